The van der Waals surface area contributed by atoms with Crippen LogP contribution in [0.15, 0.2) is 24.5 Å². The number of likely N-dealkylation sites (tertiary alicyclic amines) is 1. The monoisotopic (exact) mass is 439 g/mol. The molecule has 1 saturated heterocycles. The van der Waals surface area contributed by atoms with E-state index in [2.05, 4.69) is 26.4 Å². The molecule has 3 heterocycles. The van der Waals surface area contributed by atoms with Crippen molar-refractivity contribution in [2.24, 2.45) is 5.92 Å². The molecule has 0 radical (unpaired) electrons. The Hall–Kier alpha value is -2.33. The summed E-state index contributed by atoms with van der Waals surface area (Å²) in [6.45, 7) is 2.82. The normalized spacial score (nSPS) is 24.5. The molecule has 0 spiro atoms. The van der Waals surface area contributed by atoms with Gasteiger partial charge in [0.25, 0.3) is 0 Å². The first kappa shape index (κ1) is 21.9. The van der Waals surface area contributed by atoms with E-state index in [1.807, 2.05) is 12.1 Å². The van der Waals surface area contributed by atoms with E-state index in [1.165, 1.54) is 6.33 Å². The summed E-state index contributed by atoms with van der Waals surface area (Å²) >= 11 is 0. The van der Waals surface area contributed by atoms with Crippen LogP contribution in [-0.4, -0.2) is 59.2 Å². The average Bonchev–Trinajstić information content (AvgIpc) is 3.21. The Balaban J connectivity index is 1.48. The van der Waals surface area contributed by atoms with Gasteiger partial charge < -0.3 is 14.8 Å². The fourth-order valence-corrected chi connectivity index (χ4v) is 4.75. The molecular formula is C21H28F3N5O2. The van der Waals surface area contributed by atoms with Crippen LogP contribution in [0.4, 0.5) is 19.1 Å². The van der Waals surface area contributed by atoms with Gasteiger partial charge in [0.05, 0.1) is 13.7 Å². The van der Waals surface area contributed by atoms with Gasteiger partial charge in [0, 0.05) is 31.8 Å². The largest absolute Gasteiger partial charge is 0.496 e. The molecule has 1 unspecified atom stereocenters. The molecule has 4 rings (SSSR count). The van der Waals surface area contributed by atoms with Crippen molar-refractivity contribution in [3.63, 3.8) is 0 Å². The number of alkyl halides is 3. The van der Waals surface area contributed by atoms with E-state index in [1.54, 1.807) is 14.2 Å². The predicted octanol–water partition coefficient (Wildman–Crippen LogP) is 3.63. The van der Waals surface area contributed by atoms with Crippen LogP contribution in [0.5, 0.6) is 5.75 Å². The molecular weight excluding hydrogens is 411 g/mol. The SMILES string of the molecule is COCc1ccc(OC)c(CN2CCCC([C@@H]3C[C@H](C(F)(F)F)n4ncnc4N3)C2)c1. The van der Waals surface area contributed by atoms with Crippen molar-refractivity contribution < 1.29 is 22.6 Å². The summed E-state index contributed by atoms with van der Waals surface area (Å²) in [5.41, 5.74) is 2.12. The highest BCUT2D eigenvalue weighted by Gasteiger charge is 2.48. The lowest BCUT2D eigenvalue weighted by Gasteiger charge is -2.41. The third-order valence-corrected chi connectivity index (χ3v) is 6.20. The zero-order valence-corrected chi connectivity index (χ0v) is 17.7. The Morgan fingerprint density at radius 1 is 1.26 bits per heavy atom. The average molecular weight is 439 g/mol. The number of halogens is 3. The zero-order chi connectivity index (χ0) is 22.0. The molecule has 31 heavy (non-hydrogen) atoms. The van der Waals surface area contributed by atoms with E-state index < -0.39 is 12.2 Å². The zero-order valence-electron chi connectivity index (χ0n) is 17.7. The van der Waals surface area contributed by atoms with Crippen LogP contribution >= 0.6 is 0 Å². The molecule has 2 aliphatic rings. The van der Waals surface area contributed by atoms with Gasteiger partial charge >= 0.3 is 6.18 Å². The van der Waals surface area contributed by atoms with Gasteiger partial charge in [0.2, 0.25) is 5.95 Å². The molecule has 0 aliphatic carbocycles. The lowest BCUT2D eigenvalue weighted by atomic mass is 9.85. The highest BCUT2D eigenvalue weighted by molar-refractivity contribution is 5.37. The van der Waals surface area contributed by atoms with Crippen molar-refractivity contribution in [1.82, 2.24) is 19.7 Å². The Labute approximate surface area is 179 Å². The Kier molecular flexibility index (Phi) is 6.38. The maximum Gasteiger partial charge on any atom is 0.411 e. The minimum atomic E-state index is -4.35. The highest BCUT2D eigenvalue weighted by atomic mass is 19.4. The van der Waals surface area contributed by atoms with Crippen LogP contribution in [0, 0.1) is 5.92 Å². The molecule has 0 saturated carbocycles. The smallest absolute Gasteiger partial charge is 0.411 e. The second-order valence-corrected chi connectivity index (χ2v) is 8.29. The van der Waals surface area contributed by atoms with E-state index in [0.29, 0.717) is 19.7 Å². The summed E-state index contributed by atoms with van der Waals surface area (Å²) in [7, 11) is 3.30. The highest BCUT2D eigenvalue weighted by Crippen LogP contribution is 2.41. The number of benzene rings is 1. The van der Waals surface area contributed by atoms with Crippen LogP contribution in [0.1, 0.15) is 36.4 Å². The standard InChI is InChI=1S/C21H28F3N5O2/c1-30-12-14-5-6-18(31-2)16(8-14)11-28-7-3-4-15(10-28)17-9-19(21(22,23)24)29-20(27-17)25-13-26-29/h5-6,8,13,15,17,19H,3-4,7,9-12H2,1-2H3,(H,25,26,27)/t15?,17-,19+/m0/s1. The fourth-order valence-electron chi connectivity index (χ4n) is 4.75. The Bertz CT molecular complexity index is 888. The Morgan fingerprint density at radius 3 is 2.84 bits per heavy atom. The summed E-state index contributed by atoms with van der Waals surface area (Å²) in [6, 6.07) is 4.05. The lowest BCUT2D eigenvalue weighted by Crippen LogP contribution is -2.47. The second kappa shape index (κ2) is 9.04. The van der Waals surface area contributed by atoms with Gasteiger partial charge in [-0.25, -0.2) is 4.68 Å². The Morgan fingerprint density at radius 2 is 2.10 bits per heavy atom. The van der Waals surface area contributed by atoms with Crippen LogP contribution in [0.2, 0.25) is 0 Å². The van der Waals surface area contributed by atoms with Gasteiger partial charge in [-0.1, -0.05) is 6.07 Å². The maximum absolute atomic E-state index is 13.6. The van der Waals surface area contributed by atoms with Crippen molar-refractivity contribution >= 4 is 5.95 Å². The summed E-state index contributed by atoms with van der Waals surface area (Å²) in [4.78, 5) is 6.30. The van der Waals surface area contributed by atoms with Gasteiger partial charge in [-0.2, -0.15) is 23.3 Å². The summed E-state index contributed by atoms with van der Waals surface area (Å²) < 4.78 is 52.6. The minimum absolute atomic E-state index is 0.0367. The number of aromatic nitrogens is 3. The molecule has 1 aromatic carbocycles. The van der Waals surface area contributed by atoms with E-state index >= 15 is 0 Å². The second-order valence-electron chi connectivity index (χ2n) is 8.29. The molecule has 1 fully saturated rings. The van der Waals surface area contributed by atoms with E-state index in [9.17, 15) is 13.2 Å². The predicted molar refractivity (Wildman–Crippen MR) is 109 cm³/mol. The summed E-state index contributed by atoms with van der Waals surface area (Å²) in [6.07, 6.45) is -1.40. The number of methoxy groups -OCH3 is 2. The third-order valence-electron chi connectivity index (χ3n) is 6.20. The van der Waals surface area contributed by atoms with Gasteiger partial charge in [0.1, 0.15) is 12.1 Å². The number of nitrogens with zero attached hydrogens (tertiary/aromatic N) is 4. The van der Waals surface area contributed by atoms with Crippen molar-refractivity contribution in [2.45, 2.75) is 50.7 Å². The summed E-state index contributed by atoms with van der Waals surface area (Å²) in [5, 5.41) is 6.99. The number of piperidine rings is 1. The molecule has 7 nitrogen and oxygen atoms in total. The molecule has 170 valence electrons. The van der Waals surface area contributed by atoms with Crippen molar-refractivity contribution in [3.8, 4) is 5.75 Å². The molecule has 2 aromatic rings. The fraction of sp³-hybridized carbons (Fsp3) is 0.619. The van der Waals surface area contributed by atoms with Crippen LogP contribution in [0.3, 0.4) is 0 Å². The number of nitrogens with one attached hydrogen (secondary N) is 1. The topological polar surface area (TPSA) is 64.4 Å². The van der Waals surface area contributed by atoms with Crippen LogP contribution in [0.25, 0.3) is 0 Å². The minimum Gasteiger partial charge on any atom is -0.496 e. The number of anilines is 1. The number of fused-ring (bicyclic) bond motifs is 1. The molecule has 1 N–H and O–H groups in total. The van der Waals surface area contributed by atoms with Gasteiger partial charge in [-0.3, -0.25) is 4.90 Å². The first-order chi connectivity index (χ1) is 14.9. The van der Waals surface area contributed by atoms with Gasteiger partial charge in [-0.15, -0.1) is 0 Å². The number of ether oxygens (including phenoxy) is 2. The first-order valence-electron chi connectivity index (χ1n) is 10.5. The molecule has 0 bridgehead atoms. The van der Waals surface area contributed by atoms with Crippen molar-refractivity contribution in [1.29, 1.82) is 0 Å². The lowest BCUT2D eigenvalue weighted by molar-refractivity contribution is -0.174. The molecule has 0 amide bonds. The third kappa shape index (κ3) is 4.79. The number of hydrogen-bond acceptors (Lipinski definition) is 6. The first-order valence-corrected chi connectivity index (χ1v) is 10.5. The van der Waals surface area contributed by atoms with E-state index in [0.717, 1.165) is 40.9 Å². The van der Waals surface area contributed by atoms with Gasteiger partial charge in [-0.05, 0) is 49.4 Å². The maximum atomic E-state index is 13.6. The molecule has 10 heteroatoms. The molecule has 3 atom stereocenters. The van der Waals surface area contributed by atoms with Crippen LogP contribution < -0.4 is 10.1 Å². The molecule has 1 aromatic heterocycles. The van der Waals surface area contributed by atoms with E-state index in [4.69, 9.17) is 9.47 Å². The summed E-state index contributed by atoms with van der Waals surface area (Å²) in [5.74, 6) is 1.10. The van der Waals surface area contributed by atoms with E-state index in [-0.39, 0.29) is 24.3 Å². The van der Waals surface area contributed by atoms with Crippen LogP contribution in [-0.2, 0) is 17.9 Å². The van der Waals surface area contributed by atoms with Crippen molar-refractivity contribution in [3.05, 3.63) is 35.7 Å². The number of rotatable bonds is 6. The van der Waals surface area contributed by atoms with Gasteiger partial charge in [0.15, 0.2) is 6.04 Å². The molecule has 2 aliphatic heterocycles. The quantitative estimate of drug-likeness (QED) is 0.742. The number of hydrogen-bond donors (Lipinski definition) is 1. The van der Waals surface area contributed by atoms with Crippen molar-refractivity contribution in [2.75, 3.05) is 32.6 Å².